The van der Waals surface area contributed by atoms with Crippen molar-refractivity contribution in [3.05, 3.63) is 76.5 Å². The predicted molar refractivity (Wildman–Crippen MR) is 146 cm³/mol. The molecule has 0 unspecified atom stereocenters. The van der Waals surface area contributed by atoms with Crippen LogP contribution >= 0.6 is 0 Å². The van der Waals surface area contributed by atoms with E-state index >= 15 is 0 Å². The molecule has 3 aromatic rings. The van der Waals surface area contributed by atoms with Gasteiger partial charge in [0.05, 0.1) is 32.5 Å². The summed E-state index contributed by atoms with van der Waals surface area (Å²) in [5, 5.41) is 10.9. The van der Waals surface area contributed by atoms with Crippen LogP contribution in [0, 0.1) is 6.92 Å². The number of nitrogens with zero attached hydrogens (tertiary/aromatic N) is 2. The second-order valence-corrected chi connectivity index (χ2v) is 9.40. The molecule has 0 saturated carbocycles. The molecular weight excluding hydrogens is 484 g/mol. The van der Waals surface area contributed by atoms with E-state index in [0.29, 0.717) is 46.0 Å². The number of ether oxygens (including phenoxy) is 4. The number of hydrogen-bond acceptors (Lipinski definition) is 8. The highest BCUT2D eigenvalue weighted by atomic mass is 16.5. The lowest BCUT2D eigenvalue weighted by atomic mass is 9.99. The molecule has 38 heavy (non-hydrogen) atoms. The van der Waals surface area contributed by atoms with Gasteiger partial charge < -0.3 is 29.0 Å². The number of anilines is 1. The maximum Gasteiger partial charge on any atom is 0.232 e. The highest BCUT2D eigenvalue weighted by Crippen LogP contribution is 2.43. The Labute approximate surface area is 222 Å². The van der Waals surface area contributed by atoms with Crippen LogP contribution in [0.2, 0.25) is 0 Å². The Balaban J connectivity index is 1.36. The van der Waals surface area contributed by atoms with E-state index in [1.54, 1.807) is 51.7 Å². The molecule has 8 nitrogen and oxygen atoms in total. The number of aromatic hydroxyl groups is 1. The van der Waals surface area contributed by atoms with Gasteiger partial charge >= 0.3 is 0 Å². The Morgan fingerprint density at radius 2 is 1.61 bits per heavy atom. The van der Waals surface area contributed by atoms with Crippen molar-refractivity contribution in [1.29, 1.82) is 0 Å². The molecule has 0 radical (unpaired) electrons. The number of benzene rings is 3. The van der Waals surface area contributed by atoms with Crippen LogP contribution in [0.5, 0.6) is 28.7 Å². The number of phenols is 1. The summed E-state index contributed by atoms with van der Waals surface area (Å²) in [5.74, 6) is 2.61. The predicted octanol–water partition coefficient (Wildman–Crippen LogP) is 4.66. The van der Waals surface area contributed by atoms with Crippen LogP contribution in [0.25, 0.3) is 6.08 Å². The normalized spacial score (nSPS) is 16.4. The fourth-order valence-electron chi connectivity index (χ4n) is 5.01. The van der Waals surface area contributed by atoms with Crippen molar-refractivity contribution in [2.24, 2.45) is 0 Å². The van der Waals surface area contributed by atoms with Crippen molar-refractivity contribution >= 4 is 17.5 Å². The molecule has 0 spiro atoms. The van der Waals surface area contributed by atoms with Crippen molar-refractivity contribution in [1.82, 2.24) is 4.90 Å². The molecule has 1 N–H and O–H groups in total. The van der Waals surface area contributed by atoms with Crippen LogP contribution in [0.3, 0.4) is 0 Å². The van der Waals surface area contributed by atoms with Gasteiger partial charge in [-0.1, -0.05) is 0 Å². The number of carbonyl (C=O) groups is 1. The number of carbonyl (C=O) groups excluding carboxylic acids is 1. The average molecular weight is 517 g/mol. The molecule has 0 amide bonds. The number of Topliss-reactive ketones (excluding diaryl/α,β-unsaturated/α-hetero) is 1. The van der Waals surface area contributed by atoms with Gasteiger partial charge in [-0.3, -0.25) is 9.69 Å². The van der Waals surface area contributed by atoms with Gasteiger partial charge in [0, 0.05) is 44.0 Å². The second-order valence-electron chi connectivity index (χ2n) is 9.40. The largest absolute Gasteiger partial charge is 0.507 e. The number of piperazine rings is 1. The topological polar surface area (TPSA) is 80.7 Å². The lowest BCUT2D eigenvalue weighted by Crippen LogP contribution is -2.46. The van der Waals surface area contributed by atoms with Gasteiger partial charge in [-0.2, -0.15) is 0 Å². The summed E-state index contributed by atoms with van der Waals surface area (Å²) in [5.41, 5.74) is 3.61. The minimum absolute atomic E-state index is 0.131. The summed E-state index contributed by atoms with van der Waals surface area (Å²) >= 11 is 0. The summed E-state index contributed by atoms with van der Waals surface area (Å²) in [7, 11) is 4.82. The van der Waals surface area contributed by atoms with E-state index in [1.807, 2.05) is 19.1 Å². The fraction of sp³-hybridized carbons (Fsp3) is 0.300. The first-order valence-electron chi connectivity index (χ1n) is 12.5. The standard InChI is InChI=1S/C30H32N2O6/c1-19-15-25(33)24(18-31-11-13-32(14-12-31)21-5-7-22(35-2)8-6-21)30-28(19)29(34)27(38-30)17-20-16-23(36-3)9-10-26(20)37-4/h5-10,15-17,33H,11-14,18H2,1-4H3/b27-17-. The smallest absolute Gasteiger partial charge is 0.232 e. The summed E-state index contributed by atoms with van der Waals surface area (Å²) < 4.78 is 22.2. The van der Waals surface area contributed by atoms with E-state index in [4.69, 9.17) is 18.9 Å². The van der Waals surface area contributed by atoms with E-state index in [0.717, 1.165) is 37.6 Å². The zero-order valence-corrected chi connectivity index (χ0v) is 22.1. The lowest BCUT2D eigenvalue weighted by Gasteiger charge is -2.36. The van der Waals surface area contributed by atoms with Gasteiger partial charge in [0.1, 0.15) is 28.7 Å². The monoisotopic (exact) mass is 516 g/mol. The van der Waals surface area contributed by atoms with Crippen molar-refractivity contribution in [2.75, 3.05) is 52.4 Å². The van der Waals surface area contributed by atoms with E-state index in [1.165, 1.54) is 0 Å². The van der Waals surface area contributed by atoms with Crippen LogP contribution in [0.4, 0.5) is 5.69 Å². The zero-order chi connectivity index (χ0) is 26.8. The number of rotatable bonds is 7. The molecule has 1 saturated heterocycles. The second kappa shape index (κ2) is 10.7. The first-order chi connectivity index (χ1) is 18.4. The average Bonchev–Trinajstić information content (AvgIpc) is 3.27. The summed E-state index contributed by atoms with van der Waals surface area (Å²) in [6.45, 7) is 5.61. The third-order valence-electron chi connectivity index (χ3n) is 7.14. The molecule has 2 aliphatic rings. The van der Waals surface area contributed by atoms with Gasteiger partial charge in [0.25, 0.3) is 0 Å². The molecule has 8 heteroatoms. The first-order valence-corrected chi connectivity index (χ1v) is 12.5. The minimum Gasteiger partial charge on any atom is -0.507 e. The molecular formula is C30H32N2O6. The van der Waals surface area contributed by atoms with E-state index in [2.05, 4.69) is 21.9 Å². The quantitative estimate of drug-likeness (QED) is 0.454. The zero-order valence-electron chi connectivity index (χ0n) is 22.1. The number of fused-ring (bicyclic) bond motifs is 1. The highest BCUT2D eigenvalue weighted by molar-refractivity contribution is 6.16. The van der Waals surface area contributed by atoms with E-state index < -0.39 is 0 Å². The number of allylic oxidation sites excluding steroid dienone is 1. The highest BCUT2D eigenvalue weighted by Gasteiger charge is 2.34. The maximum atomic E-state index is 13.4. The fourth-order valence-corrected chi connectivity index (χ4v) is 5.01. The third-order valence-corrected chi connectivity index (χ3v) is 7.14. The molecule has 0 bridgehead atoms. The number of hydrogen-bond donors (Lipinski definition) is 1. The Morgan fingerprint density at radius 1 is 0.921 bits per heavy atom. The Morgan fingerprint density at radius 3 is 2.26 bits per heavy atom. The number of methoxy groups -OCH3 is 3. The molecule has 1 fully saturated rings. The number of phenolic OH excluding ortho intramolecular Hbond substituents is 1. The summed E-state index contributed by atoms with van der Waals surface area (Å²) in [6.07, 6.45) is 1.66. The lowest BCUT2D eigenvalue weighted by molar-refractivity contribution is 0.101. The van der Waals surface area contributed by atoms with Crippen LogP contribution in [-0.2, 0) is 6.54 Å². The molecule has 5 rings (SSSR count). The SMILES string of the molecule is COc1ccc(N2CCN(Cc3c(O)cc(C)c4c3O/C(=C\c3cc(OC)ccc3OC)C4=O)CC2)cc1. The maximum absolute atomic E-state index is 13.4. The van der Waals surface area contributed by atoms with E-state index in [-0.39, 0.29) is 17.3 Å². The van der Waals surface area contributed by atoms with Crippen LogP contribution < -0.4 is 23.8 Å². The Kier molecular flexibility index (Phi) is 7.15. The molecule has 3 aromatic carbocycles. The van der Waals surface area contributed by atoms with Crippen molar-refractivity contribution in [3.63, 3.8) is 0 Å². The van der Waals surface area contributed by atoms with Gasteiger partial charge in [0.2, 0.25) is 5.78 Å². The number of aryl methyl sites for hydroxylation is 1. The molecule has 0 aliphatic carbocycles. The molecule has 0 aromatic heterocycles. The third kappa shape index (κ3) is 4.87. The minimum atomic E-state index is -0.215. The number of ketones is 1. The first kappa shape index (κ1) is 25.5. The van der Waals surface area contributed by atoms with Crippen LogP contribution in [-0.4, -0.2) is 63.3 Å². The molecule has 0 atom stereocenters. The Hall–Kier alpha value is -4.17. The molecule has 2 aliphatic heterocycles. The van der Waals surface area contributed by atoms with Crippen LogP contribution in [0.15, 0.2) is 54.3 Å². The van der Waals surface area contributed by atoms with Crippen LogP contribution in [0.1, 0.15) is 27.0 Å². The van der Waals surface area contributed by atoms with E-state index in [9.17, 15) is 9.90 Å². The van der Waals surface area contributed by atoms with Gasteiger partial charge in [0.15, 0.2) is 5.76 Å². The molecule has 198 valence electrons. The van der Waals surface area contributed by atoms with Gasteiger partial charge in [-0.25, -0.2) is 0 Å². The summed E-state index contributed by atoms with van der Waals surface area (Å²) in [6, 6.07) is 15.1. The van der Waals surface area contributed by atoms with Gasteiger partial charge in [-0.15, -0.1) is 0 Å². The molecule has 2 heterocycles. The van der Waals surface area contributed by atoms with Crippen molar-refractivity contribution in [2.45, 2.75) is 13.5 Å². The van der Waals surface area contributed by atoms with Crippen molar-refractivity contribution < 1.29 is 28.8 Å². The Bertz CT molecular complexity index is 1370. The summed E-state index contributed by atoms with van der Waals surface area (Å²) in [4.78, 5) is 18.0. The van der Waals surface area contributed by atoms with Gasteiger partial charge in [-0.05, 0) is 67.1 Å². The van der Waals surface area contributed by atoms with Crippen molar-refractivity contribution in [3.8, 4) is 28.7 Å².